The number of carbonyl (C=O) groups is 1. The molecule has 0 radical (unpaired) electrons. The van der Waals surface area contributed by atoms with E-state index < -0.39 is 0 Å². The highest BCUT2D eigenvalue weighted by Crippen LogP contribution is 2.56. The Balaban J connectivity index is 1.80. The molecule has 0 N–H and O–H groups in total. The zero-order valence-electron chi connectivity index (χ0n) is 11.5. The summed E-state index contributed by atoms with van der Waals surface area (Å²) >= 11 is 6.10. The number of halogens is 2. The van der Waals surface area contributed by atoms with Crippen LogP contribution in [0.15, 0.2) is 42.5 Å². The molecule has 0 amide bonds. The molecule has 0 aliphatic heterocycles. The molecule has 0 unspecified atom stereocenters. The maximum atomic E-state index is 13.9. The molecule has 0 spiro atoms. The zero-order chi connectivity index (χ0) is 15.0. The van der Waals surface area contributed by atoms with Gasteiger partial charge in [0.05, 0.1) is 12.7 Å². The van der Waals surface area contributed by atoms with Gasteiger partial charge in [0, 0.05) is 10.6 Å². The number of methoxy groups -OCH3 is 1. The Morgan fingerprint density at radius 3 is 2.52 bits per heavy atom. The van der Waals surface area contributed by atoms with Crippen molar-refractivity contribution in [3.05, 3.63) is 70.0 Å². The highest BCUT2D eigenvalue weighted by Gasteiger charge is 2.42. The van der Waals surface area contributed by atoms with E-state index in [0.29, 0.717) is 16.1 Å². The molecular weight excluding hydrogens is 291 g/mol. The number of esters is 1. The molecule has 1 saturated carbocycles. The minimum atomic E-state index is -0.356. The third-order valence-corrected chi connectivity index (χ3v) is 4.25. The molecule has 21 heavy (non-hydrogen) atoms. The van der Waals surface area contributed by atoms with Crippen LogP contribution in [0.3, 0.4) is 0 Å². The van der Waals surface area contributed by atoms with E-state index in [1.165, 1.54) is 13.2 Å². The highest BCUT2D eigenvalue weighted by atomic mass is 35.5. The number of rotatable bonds is 3. The Kier molecular flexibility index (Phi) is 3.68. The number of carbonyl (C=O) groups excluding carboxylic acids is 1. The van der Waals surface area contributed by atoms with Gasteiger partial charge in [-0.2, -0.15) is 0 Å². The second-order valence-corrected chi connectivity index (χ2v) is 5.60. The van der Waals surface area contributed by atoms with Crippen LogP contribution in [0, 0.1) is 5.82 Å². The van der Waals surface area contributed by atoms with Gasteiger partial charge >= 0.3 is 5.97 Å². The van der Waals surface area contributed by atoms with Crippen molar-refractivity contribution >= 4 is 17.6 Å². The monoisotopic (exact) mass is 304 g/mol. The van der Waals surface area contributed by atoms with Crippen molar-refractivity contribution < 1.29 is 13.9 Å². The van der Waals surface area contributed by atoms with E-state index in [2.05, 4.69) is 4.74 Å². The predicted molar refractivity (Wildman–Crippen MR) is 79.3 cm³/mol. The van der Waals surface area contributed by atoms with Crippen molar-refractivity contribution in [2.24, 2.45) is 0 Å². The molecule has 0 heterocycles. The van der Waals surface area contributed by atoms with E-state index in [-0.39, 0.29) is 23.6 Å². The van der Waals surface area contributed by atoms with Gasteiger partial charge in [-0.1, -0.05) is 29.8 Å². The summed E-state index contributed by atoms with van der Waals surface area (Å²) in [5.41, 5.74) is 2.20. The fraction of sp³-hybridized carbons (Fsp3) is 0.235. The Morgan fingerprint density at radius 2 is 1.90 bits per heavy atom. The molecule has 108 valence electrons. The van der Waals surface area contributed by atoms with Gasteiger partial charge in [-0.15, -0.1) is 0 Å². The van der Waals surface area contributed by atoms with E-state index in [9.17, 15) is 9.18 Å². The van der Waals surface area contributed by atoms with Crippen LogP contribution in [-0.4, -0.2) is 13.1 Å². The molecule has 1 fully saturated rings. The number of ether oxygens (including phenoxy) is 1. The second kappa shape index (κ2) is 5.49. The van der Waals surface area contributed by atoms with Crippen LogP contribution in [0.4, 0.5) is 4.39 Å². The lowest BCUT2D eigenvalue weighted by Gasteiger charge is -2.06. The van der Waals surface area contributed by atoms with Crippen molar-refractivity contribution in [1.29, 1.82) is 0 Å². The minimum Gasteiger partial charge on any atom is -0.465 e. The molecule has 1 aliphatic carbocycles. The molecule has 0 bridgehead atoms. The maximum Gasteiger partial charge on any atom is 0.337 e. The quantitative estimate of drug-likeness (QED) is 0.778. The van der Waals surface area contributed by atoms with Crippen LogP contribution in [0.5, 0.6) is 0 Å². The van der Waals surface area contributed by atoms with Gasteiger partial charge < -0.3 is 4.74 Å². The topological polar surface area (TPSA) is 26.3 Å². The van der Waals surface area contributed by atoms with Crippen LogP contribution in [0.25, 0.3) is 0 Å². The minimum absolute atomic E-state index is 0.114. The fourth-order valence-electron chi connectivity index (χ4n) is 2.73. The maximum absolute atomic E-state index is 13.9. The van der Waals surface area contributed by atoms with Crippen LogP contribution in [-0.2, 0) is 4.74 Å². The van der Waals surface area contributed by atoms with Gasteiger partial charge in [-0.25, -0.2) is 9.18 Å². The van der Waals surface area contributed by atoms with E-state index >= 15 is 0 Å². The number of hydrogen-bond acceptors (Lipinski definition) is 2. The first-order valence-electron chi connectivity index (χ1n) is 6.74. The van der Waals surface area contributed by atoms with Crippen LogP contribution in [0.1, 0.15) is 39.7 Å². The lowest BCUT2D eigenvalue weighted by Crippen LogP contribution is -2.00. The summed E-state index contributed by atoms with van der Waals surface area (Å²) in [6, 6.07) is 12.0. The van der Waals surface area contributed by atoms with E-state index in [4.69, 9.17) is 11.6 Å². The summed E-state index contributed by atoms with van der Waals surface area (Å²) in [6.07, 6.45) is 0.873. The summed E-state index contributed by atoms with van der Waals surface area (Å²) in [7, 11) is 1.35. The van der Waals surface area contributed by atoms with Gasteiger partial charge in [-0.3, -0.25) is 0 Å². The molecule has 2 aromatic rings. The van der Waals surface area contributed by atoms with Gasteiger partial charge in [-0.05, 0) is 48.1 Å². The molecule has 1 aliphatic rings. The summed E-state index contributed by atoms with van der Waals surface area (Å²) in [5, 5.41) is 0.480. The molecule has 0 aromatic heterocycles. The largest absolute Gasteiger partial charge is 0.465 e. The third kappa shape index (κ3) is 2.66. The third-order valence-electron chi connectivity index (χ3n) is 3.92. The summed E-state index contributed by atoms with van der Waals surface area (Å²) in [5.74, 6) is -0.235. The zero-order valence-corrected chi connectivity index (χ0v) is 12.2. The first kappa shape index (κ1) is 14.1. The Labute approximate surface area is 127 Å². The normalized spacial score (nSPS) is 20.1. The Bertz CT molecular complexity index is 661. The van der Waals surface area contributed by atoms with Gasteiger partial charge in [0.1, 0.15) is 5.82 Å². The molecular formula is C17H14ClFO2. The van der Waals surface area contributed by atoms with E-state index in [1.807, 2.05) is 12.1 Å². The summed E-state index contributed by atoms with van der Waals surface area (Å²) in [4.78, 5) is 11.4. The van der Waals surface area contributed by atoms with Crippen molar-refractivity contribution in [3.63, 3.8) is 0 Å². The molecule has 0 saturated heterocycles. The number of hydrogen-bond donors (Lipinski definition) is 0. The van der Waals surface area contributed by atoms with Gasteiger partial charge in [0.15, 0.2) is 0 Å². The van der Waals surface area contributed by atoms with Crippen LogP contribution >= 0.6 is 11.6 Å². The Hall–Kier alpha value is -1.87. The highest BCUT2D eigenvalue weighted by molar-refractivity contribution is 6.31. The van der Waals surface area contributed by atoms with Crippen molar-refractivity contribution in [2.45, 2.75) is 18.3 Å². The molecule has 2 atom stereocenters. The average molecular weight is 305 g/mol. The lowest BCUT2D eigenvalue weighted by molar-refractivity contribution is 0.0600. The predicted octanol–water partition coefficient (Wildman–Crippen LogP) is 4.54. The second-order valence-electron chi connectivity index (χ2n) is 5.20. The fourth-order valence-corrected chi connectivity index (χ4v) is 3.03. The smallest absolute Gasteiger partial charge is 0.337 e. The lowest BCUT2D eigenvalue weighted by atomic mass is 10.0. The summed E-state index contributed by atoms with van der Waals surface area (Å²) in [6.45, 7) is 0. The first-order chi connectivity index (χ1) is 10.1. The van der Waals surface area contributed by atoms with Gasteiger partial charge in [0.2, 0.25) is 0 Å². The molecule has 3 rings (SSSR count). The number of benzene rings is 2. The SMILES string of the molecule is COC(=O)c1ccc([C@@H]2C[C@H]2c2c(F)cccc2Cl)cc1. The van der Waals surface area contributed by atoms with Crippen molar-refractivity contribution in [2.75, 3.05) is 7.11 Å². The van der Waals surface area contributed by atoms with Crippen LogP contribution in [0.2, 0.25) is 5.02 Å². The standard InChI is InChI=1S/C17H14ClFO2/c1-21-17(20)11-7-5-10(6-8-11)12-9-13(12)16-14(18)3-2-4-15(16)19/h2-8,12-13H,9H2,1H3/t12-,13+/m0/s1. The average Bonchev–Trinajstić information content (AvgIpc) is 3.27. The molecule has 2 nitrogen and oxygen atoms in total. The summed E-state index contributed by atoms with van der Waals surface area (Å²) < 4.78 is 18.6. The van der Waals surface area contributed by atoms with Gasteiger partial charge in [0.25, 0.3) is 0 Å². The van der Waals surface area contributed by atoms with E-state index in [0.717, 1.165) is 12.0 Å². The Morgan fingerprint density at radius 1 is 1.19 bits per heavy atom. The van der Waals surface area contributed by atoms with Crippen molar-refractivity contribution in [1.82, 2.24) is 0 Å². The first-order valence-corrected chi connectivity index (χ1v) is 7.11. The van der Waals surface area contributed by atoms with Crippen LogP contribution < -0.4 is 0 Å². The molecule has 4 heteroatoms. The molecule has 2 aromatic carbocycles. The van der Waals surface area contributed by atoms with E-state index in [1.54, 1.807) is 24.3 Å². The van der Waals surface area contributed by atoms with Crippen molar-refractivity contribution in [3.8, 4) is 0 Å².